The Morgan fingerprint density at radius 1 is 0.885 bits per heavy atom. The molecule has 0 bridgehead atoms. The Balaban J connectivity index is 1.77. The lowest BCUT2D eigenvalue weighted by atomic mass is 10.2. The zero-order valence-corrected chi connectivity index (χ0v) is 14.7. The van der Waals surface area contributed by atoms with Gasteiger partial charge in [0.1, 0.15) is 22.8 Å². The molecule has 132 valence electrons. The minimum atomic E-state index is -1.59. The van der Waals surface area contributed by atoms with E-state index < -0.39 is 17.1 Å². The fourth-order valence-electron chi connectivity index (χ4n) is 2.34. The van der Waals surface area contributed by atoms with E-state index >= 15 is 0 Å². The van der Waals surface area contributed by atoms with Gasteiger partial charge in [-0.3, -0.25) is 0 Å². The lowest BCUT2D eigenvalue weighted by Crippen LogP contribution is -2.09. The maximum Gasteiger partial charge on any atom is 0.340 e. The number of ether oxygens (including phenoxy) is 2. The third-order valence-corrected chi connectivity index (χ3v) is 5.11. The molecule has 0 aliphatic rings. The normalized spacial score (nSPS) is 11.6. The van der Waals surface area contributed by atoms with E-state index in [0.29, 0.717) is 16.4 Å². The molecule has 0 spiro atoms. The molecule has 5 nitrogen and oxygen atoms in total. The van der Waals surface area contributed by atoms with Gasteiger partial charge in [-0.25, -0.2) is 4.79 Å². The number of aromatic carboxylic acids is 1. The lowest BCUT2D eigenvalue weighted by Gasteiger charge is -2.12. The monoisotopic (exact) mass is 368 g/mol. The van der Waals surface area contributed by atoms with Gasteiger partial charge in [0, 0.05) is 11.2 Å². The minimum absolute atomic E-state index is 0.0318. The summed E-state index contributed by atoms with van der Waals surface area (Å²) >= 11 is -1.59. The average Bonchev–Trinajstić information content (AvgIpc) is 2.68. The van der Waals surface area contributed by atoms with Crippen molar-refractivity contribution in [1.29, 1.82) is 0 Å². The van der Waals surface area contributed by atoms with Gasteiger partial charge in [0.2, 0.25) is 0 Å². The highest BCUT2D eigenvalue weighted by atomic mass is 32.2. The van der Waals surface area contributed by atoms with Crippen LogP contribution in [0, 0.1) is 0 Å². The van der Waals surface area contributed by atoms with Crippen LogP contribution in [-0.2, 0) is 11.2 Å². The second kappa shape index (κ2) is 7.95. The molecule has 0 saturated carbocycles. The number of carboxylic acids is 1. The molecule has 0 amide bonds. The summed E-state index contributed by atoms with van der Waals surface area (Å²) in [6.07, 6.45) is 0. The lowest BCUT2D eigenvalue weighted by molar-refractivity contribution is 0.0692. The summed E-state index contributed by atoms with van der Waals surface area (Å²) in [6.45, 7) is 0. The van der Waals surface area contributed by atoms with Crippen molar-refractivity contribution in [2.75, 3.05) is 7.11 Å². The van der Waals surface area contributed by atoms with E-state index in [4.69, 9.17) is 9.47 Å². The second-order valence-corrected chi connectivity index (χ2v) is 6.77. The molecule has 0 fully saturated rings. The largest absolute Gasteiger partial charge is 0.606 e. The molecule has 0 saturated heterocycles. The number of hydrogen-bond acceptors (Lipinski definition) is 4. The Kier molecular flexibility index (Phi) is 5.46. The van der Waals surface area contributed by atoms with Crippen LogP contribution in [0.3, 0.4) is 0 Å². The first-order chi connectivity index (χ1) is 12.6. The summed E-state index contributed by atoms with van der Waals surface area (Å²) in [5.74, 6) is 0.868. The topological polar surface area (TPSA) is 78.8 Å². The summed E-state index contributed by atoms with van der Waals surface area (Å²) in [5, 5.41) is 9.24. The number of methoxy groups -OCH3 is 1. The quantitative estimate of drug-likeness (QED) is 0.654. The zero-order chi connectivity index (χ0) is 18.5. The predicted molar refractivity (Wildman–Crippen MR) is 97.6 cm³/mol. The Morgan fingerprint density at radius 3 is 2.00 bits per heavy atom. The maximum absolute atomic E-state index is 12.7. The van der Waals surface area contributed by atoms with E-state index in [1.807, 2.05) is 0 Å². The highest BCUT2D eigenvalue weighted by molar-refractivity contribution is 7.91. The fraction of sp³-hybridized carbons (Fsp3) is 0.0500. The van der Waals surface area contributed by atoms with Gasteiger partial charge in [-0.1, -0.05) is 12.1 Å². The van der Waals surface area contributed by atoms with Crippen LogP contribution in [0.1, 0.15) is 10.4 Å². The van der Waals surface area contributed by atoms with Gasteiger partial charge in [0.15, 0.2) is 9.79 Å². The molecule has 0 aliphatic heterocycles. The highest BCUT2D eigenvalue weighted by Crippen LogP contribution is 2.28. The molecule has 26 heavy (non-hydrogen) atoms. The van der Waals surface area contributed by atoms with Gasteiger partial charge in [0.25, 0.3) is 0 Å². The molecule has 0 radical (unpaired) electrons. The van der Waals surface area contributed by atoms with Crippen LogP contribution in [0.2, 0.25) is 0 Å². The fourth-order valence-corrected chi connectivity index (χ4v) is 3.54. The van der Waals surface area contributed by atoms with Gasteiger partial charge in [0.05, 0.1) is 7.11 Å². The van der Waals surface area contributed by atoms with Gasteiger partial charge >= 0.3 is 5.97 Å². The van der Waals surface area contributed by atoms with Crippen molar-refractivity contribution in [1.82, 2.24) is 0 Å². The van der Waals surface area contributed by atoms with E-state index in [1.165, 1.54) is 6.07 Å². The zero-order valence-electron chi connectivity index (χ0n) is 13.9. The third kappa shape index (κ3) is 3.99. The van der Waals surface area contributed by atoms with E-state index in [2.05, 4.69) is 0 Å². The highest BCUT2D eigenvalue weighted by Gasteiger charge is 2.22. The molecule has 3 aromatic carbocycles. The van der Waals surface area contributed by atoms with E-state index in [-0.39, 0.29) is 10.5 Å². The standard InChI is InChI=1S/C20H16O5S/c1-24-14-6-8-15(9-7-14)25-16-10-12-17(13-11-16)26(23)19-5-3-2-4-18(19)20(21)22/h2-13H,1H3,(H,21,22). The molecule has 1 atom stereocenters. The smallest absolute Gasteiger partial charge is 0.340 e. The van der Waals surface area contributed by atoms with E-state index in [1.54, 1.807) is 73.8 Å². The summed E-state index contributed by atoms with van der Waals surface area (Å²) in [4.78, 5) is 12.1. The minimum Gasteiger partial charge on any atom is -0.606 e. The summed E-state index contributed by atoms with van der Waals surface area (Å²) < 4.78 is 23.5. The number of rotatable bonds is 6. The molecule has 6 heteroatoms. The summed E-state index contributed by atoms with van der Waals surface area (Å²) in [6, 6.07) is 20.1. The molecule has 0 heterocycles. The van der Waals surface area contributed by atoms with Crippen molar-refractivity contribution in [3.05, 3.63) is 78.4 Å². The Bertz CT molecular complexity index is 891. The first kappa shape index (κ1) is 17.8. The molecular weight excluding hydrogens is 352 g/mol. The molecule has 0 aromatic heterocycles. The van der Waals surface area contributed by atoms with E-state index in [0.717, 1.165) is 5.75 Å². The first-order valence-electron chi connectivity index (χ1n) is 7.74. The molecule has 1 N–H and O–H groups in total. The van der Waals surface area contributed by atoms with Crippen LogP contribution in [0.25, 0.3) is 0 Å². The van der Waals surface area contributed by atoms with Crippen LogP contribution < -0.4 is 9.47 Å². The first-order valence-corrected chi connectivity index (χ1v) is 8.89. The average molecular weight is 368 g/mol. The predicted octanol–water partition coefficient (Wildman–Crippen LogP) is 4.35. The van der Waals surface area contributed by atoms with Gasteiger partial charge in [-0.05, 0) is 60.7 Å². The van der Waals surface area contributed by atoms with Crippen molar-refractivity contribution in [3.63, 3.8) is 0 Å². The van der Waals surface area contributed by atoms with Crippen molar-refractivity contribution in [2.45, 2.75) is 9.79 Å². The second-order valence-electron chi connectivity index (χ2n) is 5.32. The van der Waals surface area contributed by atoms with Crippen LogP contribution >= 0.6 is 0 Å². The van der Waals surface area contributed by atoms with E-state index in [9.17, 15) is 14.5 Å². The summed E-state index contributed by atoms with van der Waals surface area (Å²) in [7, 11) is 1.59. The van der Waals surface area contributed by atoms with Crippen molar-refractivity contribution >= 4 is 17.1 Å². The van der Waals surface area contributed by atoms with Crippen LogP contribution in [-0.4, -0.2) is 22.7 Å². The third-order valence-electron chi connectivity index (χ3n) is 3.65. The SMILES string of the molecule is COc1ccc(Oc2ccc([S+]([O-])c3ccccc3C(=O)O)cc2)cc1. The Labute approximate surface area is 154 Å². The number of carbonyl (C=O) groups is 1. The Hall–Kier alpha value is -2.96. The summed E-state index contributed by atoms with van der Waals surface area (Å²) in [5.41, 5.74) is 0.0318. The van der Waals surface area contributed by atoms with Crippen molar-refractivity contribution in [2.24, 2.45) is 0 Å². The molecule has 0 aliphatic carbocycles. The maximum atomic E-state index is 12.7. The van der Waals surface area contributed by atoms with Crippen molar-refractivity contribution < 1.29 is 23.9 Å². The van der Waals surface area contributed by atoms with Crippen LogP contribution in [0.4, 0.5) is 0 Å². The van der Waals surface area contributed by atoms with Gasteiger partial charge in [-0.15, -0.1) is 0 Å². The molecule has 1 unspecified atom stereocenters. The number of benzene rings is 3. The molecule has 3 aromatic rings. The number of carboxylic acid groups (broad SMARTS) is 1. The number of hydrogen-bond donors (Lipinski definition) is 1. The Morgan fingerprint density at radius 2 is 1.42 bits per heavy atom. The van der Waals surface area contributed by atoms with Crippen LogP contribution in [0.15, 0.2) is 82.6 Å². The molecule has 3 rings (SSSR count). The van der Waals surface area contributed by atoms with Gasteiger partial charge in [-0.2, -0.15) is 0 Å². The van der Waals surface area contributed by atoms with Crippen LogP contribution in [0.5, 0.6) is 17.2 Å². The van der Waals surface area contributed by atoms with Gasteiger partial charge < -0.3 is 19.1 Å². The molecular formula is C20H16O5S. The van der Waals surface area contributed by atoms with Crippen molar-refractivity contribution in [3.8, 4) is 17.2 Å².